The lowest BCUT2D eigenvalue weighted by Gasteiger charge is -2.23. The molecular formula is C16H30N4OS. The maximum Gasteiger partial charge on any atom is 0.216 e. The first-order valence-corrected chi connectivity index (χ1v) is 8.93. The molecule has 1 heterocycles. The van der Waals surface area contributed by atoms with E-state index in [9.17, 15) is 0 Å². The van der Waals surface area contributed by atoms with Crippen LogP contribution in [0.4, 0.5) is 0 Å². The SMILES string of the molecule is CCNC(=NCc1ncc(C(C)(C)C)o1)NCC(C)(C)SC. The molecule has 1 aromatic heterocycles. The number of rotatable bonds is 6. The molecule has 0 unspecified atom stereocenters. The van der Waals surface area contributed by atoms with Gasteiger partial charge in [0.15, 0.2) is 5.96 Å². The highest BCUT2D eigenvalue weighted by Gasteiger charge is 2.19. The number of nitrogens with one attached hydrogen (secondary N) is 2. The standard InChI is InChI=1S/C16H30N4OS/c1-8-17-14(20-11-16(5,6)22-7)19-10-13-18-9-12(21-13)15(2,3)4/h9H,8,10-11H2,1-7H3,(H2,17,19,20). The highest BCUT2D eigenvalue weighted by atomic mass is 32.2. The molecule has 0 spiro atoms. The summed E-state index contributed by atoms with van der Waals surface area (Å²) in [4.78, 5) is 8.85. The molecule has 0 radical (unpaired) electrons. The second-order valence-corrected chi connectivity index (χ2v) is 8.39. The Hall–Kier alpha value is -1.17. The van der Waals surface area contributed by atoms with Crippen LogP contribution in [0, 0.1) is 0 Å². The molecule has 0 saturated carbocycles. The third-order valence-electron chi connectivity index (χ3n) is 3.24. The van der Waals surface area contributed by atoms with Crippen molar-refractivity contribution in [2.24, 2.45) is 4.99 Å². The summed E-state index contributed by atoms with van der Waals surface area (Å²) in [6.45, 7) is 14.9. The van der Waals surface area contributed by atoms with Crippen molar-refractivity contribution >= 4 is 17.7 Å². The molecule has 0 aliphatic heterocycles. The van der Waals surface area contributed by atoms with E-state index >= 15 is 0 Å². The number of hydrogen-bond donors (Lipinski definition) is 2. The van der Waals surface area contributed by atoms with Crippen LogP contribution in [0.3, 0.4) is 0 Å². The maximum absolute atomic E-state index is 5.77. The van der Waals surface area contributed by atoms with E-state index in [2.05, 4.69) is 68.4 Å². The van der Waals surface area contributed by atoms with Crippen molar-refractivity contribution in [1.82, 2.24) is 15.6 Å². The van der Waals surface area contributed by atoms with Gasteiger partial charge in [0.1, 0.15) is 12.3 Å². The van der Waals surface area contributed by atoms with Gasteiger partial charge in [-0.2, -0.15) is 11.8 Å². The molecule has 1 rings (SSSR count). The van der Waals surface area contributed by atoms with Crippen LogP contribution in [0.5, 0.6) is 0 Å². The molecule has 2 N–H and O–H groups in total. The Balaban J connectivity index is 2.67. The number of nitrogens with zero attached hydrogens (tertiary/aromatic N) is 2. The van der Waals surface area contributed by atoms with Crippen LogP contribution < -0.4 is 10.6 Å². The second-order valence-electron chi connectivity index (χ2n) is 6.88. The third-order valence-corrected chi connectivity index (χ3v) is 4.49. The highest BCUT2D eigenvalue weighted by Crippen LogP contribution is 2.23. The number of thioether (sulfide) groups is 1. The Morgan fingerprint density at radius 1 is 1.27 bits per heavy atom. The minimum atomic E-state index is -0.0277. The topological polar surface area (TPSA) is 62.5 Å². The number of oxazole rings is 1. The summed E-state index contributed by atoms with van der Waals surface area (Å²) in [5.41, 5.74) is -0.0277. The largest absolute Gasteiger partial charge is 0.443 e. The summed E-state index contributed by atoms with van der Waals surface area (Å²) in [5.74, 6) is 2.32. The number of hydrogen-bond acceptors (Lipinski definition) is 4. The molecular weight excluding hydrogens is 296 g/mol. The smallest absolute Gasteiger partial charge is 0.216 e. The summed E-state index contributed by atoms with van der Waals surface area (Å²) < 4.78 is 5.93. The first kappa shape index (κ1) is 18.9. The number of aliphatic imine (C=N–C) groups is 1. The van der Waals surface area contributed by atoms with E-state index in [0.29, 0.717) is 12.4 Å². The van der Waals surface area contributed by atoms with Crippen LogP contribution in [0.1, 0.15) is 53.2 Å². The molecule has 0 atom stereocenters. The molecule has 0 aromatic carbocycles. The van der Waals surface area contributed by atoms with Crippen LogP contribution in [0.2, 0.25) is 0 Å². The average molecular weight is 327 g/mol. The molecule has 0 aliphatic rings. The molecule has 6 heteroatoms. The Labute approximate surface area is 138 Å². The minimum Gasteiger partial charge on any atom is -0.443 e. The zero-order chi connectivity index (χ0) is 16.8. The fourth-order valence-electron chi connectivity index (χ4n) is 1.59. The van der Waals surface area contributed by atoms with E-state index < -0.39 is 0 Å². The van der Waals surface area contributed by atoms with Gasteiger partial charge in [-0.15, -0.1) is 0 Å². The molecule has 0 fully saturated rings. The summed E-state index contributed by atoms with van der Waals surface area (Å²) in [5, 5.41) is 6.61. The predicted molar refractivity (Wildman–Crippen MR) is 95.6 cm³/mol. The van der Waals surface area contributed by atoms with Crippen molar-refractivity contribution in [3.8, 4) is 0 Å². The Morgan fingerprint density at radius 2 is 1.95 bits per heavy atom. The van der Waals surface area contributed by atoms with Gasteiger partial charge in [-0.1, -0.05) is 20.8 Å². The van der Waals surface area contributed by atoms with E-state index in [1.54, 1.807) is 6.20 Å². The summed E-state index contributed by atoms with van der Waals surface area (Å²) in [6.07, 6.45) is 3.91. The van der Waals surface area contributed by atoms with E-state index in [4.69, 9.17) is 4.42 Å². The Bertz CT molecular complexity index is 489. The lowest BCUT2D eigenvalue weighted by atomic mass is 9.94. The molecule has 0 bridgehead atoms. The van der Waals surface area contributed by atoms with E-state index in [-0.39, 0.29) is 10.2 Å². The van der Waals surface area contributed by atoms with Gasteiger partial charge in [0.2, 0.25) is 5.89 Å². The van der Waals surface area contributed by atoms with Crippen molar-refractivity contribution in [3.05, 3.63) is 17.8 Å². The van der Waals surface area contributed by atoms with Crippen molar-refractivity contribution in [1.29, 1.82) is 0 Å². The van der Waals surface area contributed by atoms with Crippen LogP contribution >= 0.6 is 11.8 Å². The predicted octanol–water partition coefficient (Wildman–Crippen LogP) is 3.17. The van der Waals surface area contributed by atoms with Gasteiger partial charge in [-0.05, 0) is 27.0 Å². The van der Waals surface area contributed by atoms with Crippen molar-refractivity contribution in [2.45, 2.75) is 58.2 Å². The summed E-state index contributed by atoms with van der Waals surface area (Å²) in [7, 11) is 0. The van der Waals surface area contributed by atoms with Crippen LogP contribution in [-0.4, -0.2) is 35.0 Å². The first-order chi connectivity index (χ1) is 10.2. The van der Waals surface area contributed by atoms with Gasteiger partial charge >= 0.3 is 0 Å². The Morgan fingerprint density at radius 3 is 2.45 bits per heavy atom. The van der Waals surface area contributed by atoms with Crippen LogP contribution in [0.25, 0.3) is 0 Å². The van der Waals surface area contributed by atoms with Gasteiger partial charge in [0, 0.05) is 23.3 Å². The fourth-order valence-corrected chi connectivity index (χ4v) is 1.80. The quantitative estimate of drug-likeness (QED) is 0.621. The zero-order valence-corrected chi connectivity index (χ0v) is 15.7. The van der Waals surface area contributed by atoms with Crippen molar-refractivity contribution < 1.29 is 4.42 Å². The molecule has 22 heavy (non-hydrogen) atoms. The van der Waals surface area contributed by atoms with E-state index in [1.807, 2.05) is 11.8 Å². The monoisotopic (exact) mass is 326 g/mol. The summed E-state index contributed by atoms with van der Waals surface area (Å²) in [6, 6.07) is 0. The molecule has 126 valence electrons. The second kappa shape index (κ2) is 7.90. The van der Waals surface area contributed by atoms with Gasteiger partial charge in [-0.3, -0.25) is 0 Å². The van der Waals surface area contributed by atoms with Crippen molar-refractivity contribution in [2.75, 3.05) is 19.3 Å². The molecule has 0 aliphatic carbocycles. The molecule has 0 saturated heterocycles. The summed E-state index contributed by atoms with van der Waals surface area (Å²) >= 11 is 1.83. The van der Waals surface area contributed by atoms with Gasteiger partial charge in [0.05, 0.1) is 6.20 Å². The van der Waals surface area contributed by atoms with Crippen LogP contribution in [-0.2, 0) is 12.0 Å². The lowest BCUT2D eigenvalue weighted by molar-refractivity contribution is 0.383. The maximum atomic E-state index is 5.77. The van der Waals surface area contributed by atoms with Gasteiger partial charge in [0.25, 0.3) is 0 Å². The lowest BCUT2D eigenvalue weighted by Crippen LogP contribution is -2.43. The molecule has 0 amide bonds. The van der Waals surface area contributed by atoms with Gasteiger partial charge < -0.3 is 15.1 Å². The van der Waals surface area contributed by atoms with E-state index in [0.717, 1.165) is 24.8 Å². The third kappa shape index (κ3) is 6.30. The Kier molecular flexibility index (Phi) is 6.78. The average Bonchev–Trinajstić information content (AvgIpc) is 2.91. The normalized spacial score (nSPS) is 13.3. The first-order valence-electron chi connectivity index (χ1n) is 7.70. The van der Waals surface area contributed by atoms with E-state index in [1.165, 1.54) is 0 Å². The molecule has 5 nitrogen and oxygen atoms in total. The fraction of sp³-hybridized carbons (Fsp3) is 0.750. The minimum absolute atomic E-state index is 0.0277. The van der Waals surface area contributed by atoms with Crippen LogP contribution in [0.15, 0.2) is 15.6 Å². The number of aromatic nitrogens is 1. The zero-order valence-electron chi connectivity index (χ0n) is 14.9. The number of guanidine groups is 1. The highest BCUT2D eigenvalue weighted by molar-refractivity contribution is 7.99. The molecule has 1 aromatic rings. The van der Waals surface area contributed by atoms with Gasteiger partial charge in [-0.25, -0.2) is 9.98 Å². The van der Waals surface area contributed by atoms with Crippen molar-refractivity contribution in [3.63, 3.8) is 0 Å².